The van der Waals surface area contributed by atoms with E-state index < -0.39 is 0 Å². The quantitative estimate of drug-likeness (QED) is 0.870. The molecule has 0 bridgehead atoms. The Morgan fingerprint density at radius 3 is 2.74 bits per heavy atom. The average Bonchev–Trinajstić information content (AvgIpc) is 2.70. The molecule has 108 valence electrons. The average molecular weight is 282 g/mol. The van der Waals surface area contributed by atoms with E-state index >= 15 is 0 Å². The summed E-state index contributed by atoms with van der Waals surface area (Å²) in [5.41, 5.74) is 5.70. The fourth-order valence-corrected chi connectivity index (χ4v) is 3.27. The normalized spacial score (nSPS) is 19.1. The van der Waals surface area contributed by atoms with Gasteiger partial charge in [-0.15, -0.1) is 11.3 Å². The summed E-state index contributed by atoms with van der Waals surface area (Å²) in [6.07, 6.45) is 6.88. The van der Waals surface area contributed by atoms with Gasteiger partial charge in [0.2, 0.25) is 0 Å². The van der Waals surface area contributed by atoms with E-state index in [1.54, 1.807) is 11.3 Å². The van der Waals surface area contributed by atoms with Gasteiger partial charge < -0.3 is 15.4 Å². The summed E-state index contributed by atoms with van der Waals surface area (Å²) in [5, 5.41) is 2.05. The number of hydrogen-bond donors (Lipinski definition) is 1. The maximum absolute atomic E-state index is 6.00. The topological polar surface area (TPSA) is 38.5 Å². The highest BCUT2D eigenvalue weighted by atomic mass is 32.1. The highest BCUT2D eigenvalue weighted by molar-refractivity contribution is 7.10. The number of likely N-dealkylation sites (tertiary alicyclic amines) is 1. The maximum atomic E-state index is 6.00. The summed E-state index contributed by atoms with van der Waals surface area (Å²) in [6, 6.07) is 2.04. The first-order valence-electron chi connectivity index (χ1n) is 7.45. The molecule has 1 aliphatic heterocycles. The van der Waals surface area contributed by atoms with Crippen LogP contribution < -0.4 is 10.5 Å². The van der Waals surface area contributed by atoms with Crippen molar-refractivity contribution in [2.24, 2.45) is 5.73 Å². The van der Waals surface area contributed by atoms with E-state index in [9.17, 15) is 0 Å². The molecule has 2 N–H and O–H groups in total. The van der Waals surface area contributed by atoms with Gasteiger partial charge in [-0.05, 0) is 50.7 Å². The molecule has 1 aromatic rings. The predicted molar refractivity (Wildman–Crippen MR) is 81.8 cm³/mol. The van der Waals surface area contributed by atoms with Crippen LogP contribution in [0.15, 0.2) is 11.4 Å². The Morgan fingerprint density at radius 2 is 2.05 bits per heavy atom. The number of hydrogen-bond acceptors (Lipinski definition) is 4. The highest BCUT2D eigenvalue weighted by Gasteiger charge is 2.13. The van der Waals surface area contributed by atoms with Crippen LogP contribution in [0.4, 0.5) is 0 Å². The summed E-state index contributed by atoms with van der Waals surface area (Å²) in [4.78, 5) is 3.74. The Hall–Kier alpha value is -0.580. The maximum Gasteiger partial charge on any atom is 0.134 e. The zero-order valence-corrected chi connectivity index (χ0v) is 12.8. The number of ether oxygens (including phenoxy) is 1. The van der Waals surface area contributed by atoms with E-state index in [0.29, 0.717) is 6.54 Å². The Kier molecular flexibility index (Phi) is 6.14. The highest BCUT2D eigenvalue weighted by Crippen LogP contribution is 2.25. The molecule has 19 heavy (non-hydrogen) atoms. The van der Waals surface area contributed by atoms with Crippen molar-refractivity contribution in [2.45, 2.75) is 51.7 Å². The molecule has 1 unspecified atom stereocenters. The fraction of sp³-hybridized carbons (Fsp3) is 0.733. The number of nitrogens with two attached hydrogens (primary N) is 1. The lowest BCUT2D eigenvalue weighted by molar-refractivity contribution is 0.177. The number of nitrogens with zero attached hydrogens (tertiary/aromatic N) is 1. The van der Waals surface area contributed by atoms with E-state index in [1.807, 2.05) is 6.07 Å². The third-order valence-corrected chi connectivity index (χ3v) is 4.69. The van der Waals surface area contributed by atoms with Crippen LogP contribution in [0.3, 0.4) is 0 Å². The van der Waals surface area contributed by atoms with E-state index in [2.05, 4.69) is 17.2 Å². The Labute approximate surface area is 120 Å². The van der Waals surface area contributed by atoms with Crippen molar-refractivity contribution in [1.82, 2.24) is 4.90 Å². The third kappa shape index (κ3) is 4.79. The number of rotatable bonds is 6. The van der Waals surface area contributed by atoms with Gasteiger partial charge in [0, 0.05) is 13.1 Å². The Morgan fingerprint density at radius 1 is 1.32 bits per heavy atom. The lowest BCUT2D eigenvalue weighted by Crippen LogP contribution is -2.29. The van der Waals surface area contributed by atoms with Gasteiger partial charge in [-0.25, -0.2) is 0 Å². The third-order valence-electron chi connectivity index (χ3n) is 3.77. The molecular weight excluding hydrogens is 256 g/mol. The molecule has 1 atom stereocenters. The minimum absolute atomic E-state index is 0.267. The lowest BCUT2D eigenvalue weighted by atomic mass is 10.2. The van der Waals surface area contributed by atoms with E-state index in [0.717, 1.165) is 23.6 Å². The molecule has 2 heterocycles. The van der Waals surface area contributed by atoms with Crippen LogP contribution in [-0.2, 0) is 6.54 Å². The van der Waals surface area contributed by atoms with Crippen molar-refractivity contribution in [1.29, 1.82) is 0 Å². The van der Waals surface area contributed by atoms with E-state index in [1.165, 1.54) is 38.8 Å². The largest absolute Gasteiger partial charge is 0.489 e. The SMILES string of the molecule is CC(CCN1CCCCCC1)Oc1ccsc1CN. The Bertz CT molecular complexity index is 359. The van der Waals surface area contributed by atoms with Crippen LogP contribution in [-0.4, -0.2) is 30.6 Å². The summed E-state index contributed by atoms with van der Waals surface area (Å²) in [7, 11) is 0. The molecule has 1 aliphatic rings. The van der Waals surface area contributed by atoms with Gasteiger partial charge in [0.15, 0.2) is 0 Å². The van der Waals surface area contributed by atoms with Crippen LogP contribution in [0.5, 0.6) is 5.75 Å². The lowest BCUT2D eigenvalue weighted by Gasteiger charge is -2.22. The van der Waals surface area contributed by atoms with Crippen molar-refractivity contribution >= 4 is 11.3 Å². The van der Waals surface area contributed by atoms with E-state index in [-0.39, 0.29) is 6.10 Å². The van der Waals surface area contributed by atoms with Gasteiger partial charge in [-0.3, -0.25) is 0 Å². The molecular formula is C15H26N2OS. The van der Waals surface area contributed by atoms with Crippen molar-refractivity contribution in [3.63, 3.8) is 0 Å². The first kappa shape index (κ1) is 14.8. The molecule has 4 heteroatoms. The van der Waals surface area contributed by atoms with Gasteiger partial charge >= 0.3 is 0 Å². The minimum atomic E-state index is 0.267. The van der Waals surface area contributed by atoms with Crippen LogP contribution in [0.1, 0.15) is 43.9 Å². The standard InChI is InChI=1S/C15H26N2OS/c1-13(18-14-7-11-19-15(14)12-16)6-10-17-8-4-2-3-5-9-17/h7,11,13H,2-6,8-10,12,16H2,1H3. The molecule has 1 aromatic heterocycles. The van der Waals surface area contributed by atoms with Crippen LogP contribution in [0.25, 0.3) is 0 Å². The van der Waals surface area contributed by atoms with Crippen molar-refractivity contribution in [3.05, 3.63) is 16.3 Å². The summed E-state index contributed by atoms with van der Waals surface area (Å²) in [6.45, 7) is 6.42. The molecule has 0 aliphatic carbocycles. The molecule has 0 radical (unpaired) electrons. The zero-order chi connectivity index (χ0) is 13.5. The minimum Gasteiger partial charge on any atom is -0.489 e. The Balaban J connectivity index is 1.73. The van der Waals surface area contributed by atoms with Gasteiger partial charge in [-0.2, -0.15) is 0 Å². The van der Waals surface area contributed by atoms with Crippen LogP contribution >= 0.6 is 11.3 Å². The van der Waals surface area contributed by atoms with Gasteiger partial charge in [0.05, 0.1) is 11.0 Å². The summed E-state index contributed by atoms with van der Waals surface area (Å²) < 4.78 is 6.00. The molecule has 0 saturated carbocycles. The molecule has 0 spiro atoms. The molecule has 0 aromatic carbocycles. The van der Waals surface area contributed by atoms with Crippen LogP contribution in [0, 0.1) is 0 Å². The molecule has 2 rings (SSSR count). The van der Waals surface area contributed by atoms with Crippen LogP contribution in [0.2, 0.25) is 0 Å². The summed E-state index contributed by atoms with van der Waals surface area (Å²) >= 11 is 1.68. The molecule has 1 fully saturated rings. The first-order valence-corrected chi connectivity index (χ1v) is 8.33. The smallest absolute Gasteiger partial charge is 0.134 e. The van der Waals surface area contributed by atoms with Crippen molar-refractivity contribution in [3.8, 4) is 5.75 Å². The first-order chi connectivity index (χ1) is 9.29. The molecule has 1 saturated heterocycles. The number of thiophene rings is 1. The van der Waals surface area contributed by atoms with Gasteiger partial charge in [-0.1, -0.05) is 12.8 Å². The summed E-state index contributed by atoms with van der Waals surface area (Å²) in [5.74, 6) is 0.982. The van der Waals surface area contributed by atoms with Crippen molar-refractivity contribution < 1.29 is 4.74 Å². The molecule has 3 nitrogen and oxygen atoms in total. The predicted octanol–water partition coefficient (Wildman–Crippen LogP) is 3.24. The zero-order valence-electron chi connectivity index (χ0n) is 11.9. The second-order valence-corrected chi connectivity index (χ2v) is 6.39. The second kappa shape index (κ2) is 7.88. The fourth-order valence-electron chi connectivity index (χ4n) is 2.58. The molecule has 0 amide bonds. The van der Waals surface area contributed by atoms with Gasteiger partial charge in [0.1, 0.15) is 5.75 Å². The monoisotopic (exact) mass is 282 g/mol. The van der Waals surface area contributed by atoms with Gasteiger partial charge in [0.25, 0.3) is 0 Å². The van der Waals surface area contributed by atoms with E-state index in [4.69, 9.17) is 10.5 Å². The second-order valence-electron chi connectivity index (χ2n) is 5.39. The van der Waals surface area contributed by atoms with Crippen molar-refractivity contribution in [2.75, 3.05) is 19.6 Å².